The summed E-state index contributed by atoms with van der Waals surface area (Å²) in [6.07, 6.45) is 7.87. The first-order valence-corrected chi connectivity index (χ1v) is 6.35. The molecule has 1 amide bonds. The predicted molar refractivity (Wildman–Crippen MR) is 84.8 cm³/mol. The molecule has 0 bridgehead atoms. The fourth-order valence-electron chi connectivity index (χ4n) is 1.74. The Morgan fingerprint density at radius 1 is 1.32 bits per heavy atom. The molecule has 0 radical (unpaired) electrons. The lowest BCUT2D eigenvalue weighted by atomic mass is 10.1. The summed E-state index contributed by atoms with van der Waals surface area (Å²) < 4.78 is 1.77. The van der Waals surface area contributed by atoms with Crippen molar-refractivity contribution in [2.75, 3.05) is 0 Å². The SMILES string of the molecule is CC(NC(=O)C=Cc1ccc(C(=O)O)cc1)n1ccnc1.Cl. The number of amides is 1. The molecule has 1 heterocycles. The Kier molecular flexibility index (Phi) is 6.34. The van der Waals surface area contributed by atoms with Gasteiger partial charge >= 0.3 is 5.97 Å². The molecule has 1 unspecified atom stereocenters. The van der Waals surface area contributed by atoms with E-state index in [4.69, 9.17) is 5.11 Å². The second-order valence-corrected chi connectivity index (χ2v) is 4.45. The molecule has 1 aromatic carbocycles. The number of aromatic nitrogens is 2. The van der Waals surface area contributed by atoms with Gasteiger partial charge in [-0.25, -0.2) is 9.78 Å². The number of nitrogens with one attached hydrogen (secondary N) is 1. The Bertz CT molecular complexity index is 651. The number of nitrogens with zero attached hydrogens (tertiary/aromatic N) is 2. The van der Waals surface area contributed by atoms with Crippen LogP contribution in [0.3, 0.4) is 0 Å². The Morgan fingerprint density at radius 3 is 2.55 bits per heavy atom. The van der Waals surface area contributed by atoms with Crippen molar-refractivity contribution in [3.05, 3.63) is 60.2 Å². The second-order valence-electron chi connectivity index (χ2n) is 4.45. The van der Waals surface area contributed by atoms with Gasteiger partial charge in [0, 0.05) is 18.5 Å². The van der Waals surface area contributed by atoms with E-state index in [1.807, 2.05) is 6.92 Å². The third-order valence-electron chi connectivity index (χ3n) is 2.91. The van der Waals surface area contributed by atoms with Crippen molar-refractivity contribution in [2.45, 2.75) is 13.1 Å². The molecular weight excluding hydrogens is 306 g/mol. The van der Waals surface area contributed by atoms with Crippen molar-refractivity contribution in [2.24, 2.45) is 0 Å². The molecule has 0 fully saturated rings. The lowest BCUT2D eigenvalue weighted by Crippen LogP contribution is -2.28. The van der Waals surface area contributed by atoms with E-state index < -0.39 is 5.97 Å². The molecule has 0 aliphatic rings. The summed E-state index contributed by atoms with van der Waals surface area (Å²) in [5, 5.41) is 11.6. The summed E-state index contributed by atoms with van der Waals surface area (Å²) in [6.45, 7) is 1.84. The molecule has 2 rings (SSSR count). The van der Waals surface area contributed by atoms with Crippen molar-refractivity contribution >= 4 is 30.4 Å². The van der Waals surface area contributed by atoms with Crippen LogP contribution in [-0.2, 0) is 4.79 Å². The number of hydrogen-bond donors (Lipinski definition) is 2. The summed E-state index contributed by atoms with van der Waals surface area (Å²) in [7, 11) is 0. The van der Waals surface area contributed by atoms with Crippen LogP contribution in [-0.4, -0.2) is 26.5 Å². The molecule has 7 heteroatoms. The van der Waals surface area contributed by atoms with Crippen molar-refractivity contribution in [1.29, 1.82) is 0 Å². The number of carbonyl (C=O) groups is 2. The van der Waals surface area contributed by atoms with Gasteiger partial charge < -0.3 is 15.0 Å². The summed E-state index contributed by atoms with van der Waals surface area (Å²) >= 11 is 0. The minimum absolute atomic E-state index is 0. The predicted octanol–water partition coefficient (Wildman–Crippen LogP) is 2.35. The maximum atomic E-state index is 11.8. The minimum Gasteiger partial charge on any atom is -0.478 e. The number of benzene rings is 1. The average molecular weight is 322 g/mol. The highest BCUT2D eigenvalue weighted by Crippen LogP contribution is 2.06. The Hall–Kier alpha value is -2.60. The zero-order valence-electron chi connectivity index (χ0n) is 11.8. The molecule has 2 N–H and O–H groups in total. The molecule has 2 aromatic rings. The van der Waals surface area contributed by atoms with Crippen molar-refractivity contribution in [3.8, 4) is 0 Å². The first kappa shape index (κ1) is 17.5. The molecule has 0 aliphatic carbocycles. The number of hydrogen-bond acceptors (Lipinski definition) is 3. The summed E-state index contributed by atoms with van der Waals surface area (Å²) in [5.74, 6) is -1.21. The highest BCUT2D eigenvalue weighted by atomic mass is 35.5. The van der Waals surface area contributed by atoms with Gasteiger partial charge in [-0.3, -0.25) is 4.79 Å². The monoisotopic (exact) mass is 321 g/mol. The van der Waals surface area contributed by atoms with Crippen molar-refractivity contribution < 1.29 is 14.7 Å². The van der Waals surface area contributed by atoms with Gasteiger partial charge in [0.1, 0.15) is 6.17 Å². The lowest BCUT2D eigenvalue weighted by Gasteiger charge is -2.13. The highest BCUT2D eigenvalue weighted by Gasteiger charge is 2.05. The van der Waals surface area contributed by atoms with Crippen LogP contribution in [0.1, 0.15) is 29.0 Å². The average Bonchev–Trinajstić information content (AvgIpc) is 3.00. The number of carboxylic acid groups (broad SMARTS) is 1. The molecule has 116 valence electrons. The Labute approximate surface area is 133 Å². The zero-order chi connectivity index (χ0) is 15.2. The maximum Gasteiger partial charge on any atom is 0.335 e. The van der Waals surface area contributed by atoms with Gasteiger partial charge in [0.2, 0.25) is 5.91 Å². The van der Waals surface area contributed by atoms with Crippen LogP contribution < -0.4 is 5.32 Å². The fraction of sp³-hybridized carbons (Fsp3) is 0.133. The first-order valence-electron chi connectivity index (χ1n) is 6.35. The van der Waals surface area contributed by atoms with Gasteiger partial charge in [-0.1, -0.05) is 12.1 Å². The van der Waals surface area contributed by atoms with Gasteiger partial charge in [-0.15, -0.1) is 12.4 Å². The number of imidazole rings is 1. The van der Waals surface area contributed by atoms with E-state index in [0.29, 0.717) is 0 Å². The molecule has 0 spiro atoms. The van der Waals surface area contributed by atoms with Crippen LogP contribution in [0, 0.1) is 0 Å². The van der Waals surface area contributed by atoms with Crippen molar-refractivity contribution in [3.63, 3.8) is 0 Å². The van der Waals surface area contributed by atoms with Crippen molar-refractivity contribution in [1.82, 2.24) is 14.9 Å². The molecule has 0 saturated heterocycles. The van der Waals surface area contributed by atoms with E-state index >= 15 is 0 Å². The molecule has 1 aromatic heterocycles. The van der Waals surface area contributed by atoms with Gasteiger partial charge in [0.25, 0.3) is 0 Å². The highest BCUT2D eigenvalue weighted by molar-refractivity contribution is 5.92. The number of carboxylic acids is 1. The minimum atomic E-state index is -0.975. The van der Waals surface area contributed by atoms with E-state index in [9.17, 15) is 9.59 Å². The molecule has 0 aliphatic heterocycles. The number of halogens is 1. The summed E-state index contributed by atoms with van der Waals surface area (Å²) in [5.41, 5.74) is 0.968. The number of rotatable bonds is 5. The lowest BCUT2D eigenvalue weighted by molar-refractivity contribution is -0.117. The molecule has 1 atom stereocenters. The van der Waals surface area contributed by atoms with E-state index in [-0.39, 0.29) is 30.0 Å². The normalized spacial score (nSPS) is 11.7. The standard InChI is InChI=1S/C15H15N3O3.ClH/c1-11(18-9-8-16-10-18)17-14(19)7-4-12-2-5-13(6-3-12)15(20)21;/h2-11H,1H3,(H,17,19)(H,20,21);1H. The zero-order valence-corrected chi connectivity index (χ0v) is 12.7. The number of carbonyl (C=O) groups excluding carboxylic acids is 1. The Balaban J connectivity index is 0.00000242. The molecule has 22 heavy (non-hydrogen) atoms. The van der Waals surface area contributed by atoms with Gasteiger partial charge in [0.05, 0.1) is 11.9 Å². The quantitative estimate of drug-likeness (QED) is 0.828. The van der Waals surface area contributed by atoms with E-state index in [0.717, 1.165) is 5.56 Å². The Morgan fingerprint density at radius 2 is 2.00 bits per heavy atom. The molecule has 6 nitrogen and oxygen atoms in total. The van der Waals surface area contributed by atoms with Gasteiger partial charge in [-0.2, -0.15) is 0 Å². The smallest absolute Gasteiger partial charge is 0.335 e. The van der Waals surface area contributed by atoms with E-state index in [1.165, 1.54) is 18.2 Å². The molecule has 0 saturated carbocycles. The van der Waals surface area contributed by atoms with Crippen LogP contribution in [0.2, 0.25) is 0 Å². The first-order chi connectivity index (χ1) is 10.1. The summed E-state index contributed by atoms with van der Waals surface area (Å²) in [4.78, 5) is 26.4. The van der Waals surface area contributed by atoms with Gasteiger partial charge in [0.15, 0.2) is 0 Å². The topological polar surface area (TPSA) is 84.2 Å². The maximum absolute atomic E-state index is 11.8. The largest absolute Gasteiger partial charge is 0.478 e. The van der Waals surface area contributed by atoms with Crippen LogP contribution >= 0.6 is 12.4 Å². The third-order valence-corrected chi connectivity index (χ3v) is 2.91. The third kappa shape index (κ3) is 4.75. The fourth-order valence-corrected chi connectivity index (χ4v) is 1.74. The van der Waals surface area contributed by atoms with Gasteiger partial charge in [-0.05, 0) is 30.7 Å². The van der Waals surface area contributed by atoms with E-state index in [1.54, 1.807) is 41.5 Å². The molecular formula is C15H16ClN3O3. The second kappa shape index (κ2) is 7.99. The van der Waals surface area contributed by atoms with Crippen LogP contribution in [0.5, 0.6) is 0 Å². The number of aromatic carboxylic acids is 1. The summed E-state index contributed by atoms with van der Waals surface area (Å²) in [6, 6.07) is 6.28. The van der Waals surface area contributed by atoms with E-state index in [2.05, 4.69) is 10.3 Å². The van der Waals surface area contributed by atoms with Crippen LogP contribution in [0.15, 0.2) is 49.1 Å². The van der Waals surface area contributed by atoms with Crippen LogP contribution in [0.25, 0.3) is 6.08 Å². The van der Waals surface area contributed by atoms with Crippen LogP contribution in [0.4, 0.5) is 0 Å².